The molecule has 0 aromatic rings. The lowest BCUT2D eigenvalue weighted by atomic mass is 10.4. The topological polar surface area (TPSA) is 38.0 Å². The van der Waals surface area contributed by atoms with Gasteiger partial charge in [0.1, 0.15) is 0 Å². The first-order valence-electron chi connectivity index (χ1n) is 2.54. The standard InChI is InChI=1S/C6H12N2/c1-6(8-2)4-3-5-7/h3-5,8H,7H2,1-2H3/b5-3-,6-4-. The highest BCUT2D eigenvalue weighted by Crippen LogP contribution is 1.82. The van der Waals surface area contributed by atoms with Gasteiger partial charge in [-0.15, -0.1) is 0 Å². The highest BCUT2D eigenvalue weighted by molar-refractivity contribution is 5.07. The Hall–Kier alpha value is -0.920. The second-order valence-corrected chi connectivity index (χ2v) is 1.48. The minimum absolute atomic E-state index is 1.10. The lowest BCUT2D eigenvalue weighted by molar-refractivity contribution is 0.990. The van der Waals surface area contributed by atoms with Gasteiger partial charge in [0.25, 0.3) is 0 Å². The molecule has 0 saturated carbocycles. The van der Waals surface area contributed by atoms with Gasteiger partial charge in [-0.3, -0.25) is 0 Å². The molecule has 3 N–H and O–H groups in total. The SMILES string of the molecule is CN/C(C)=C\C=C/N. The average Bonchev–Trinajstić information content (AvgIpc) is 1.83. The lowest BCUT2D eigenvalue weighted by Gasteiger charge is -1.92. The van der Waals surface area contributed by atoms with Crippen LogP contribution in [-0.2, 0) is 0 Å². The Morgan fingerprint density at radius 2 is 2.25 bits per heavy atom. The van der Waals surface area contributed by atoms with E-state index in [0.29, 0.717) is 0 Å². The summed E-state index contributed by atoms with van der Waals surface area (Å²) in [7, 11) is 1.87. The Morgan fingerprint density at radius 3 is 2.62 bits per heavy atom. The number of hydrogen-bond acceptors (Lipinski definition) is 2. The third kappa shape index (κ3) is 3.28. The van der Waals surface area contributed by atoms with Crippen LogP contribution in [0.2, 0.25) is 0 Å². The summed E-state index contributed by atoms with van der Waals surface area (Å²) in [6.07, 6.45) is 5.19. The maximum atomic E-state index is 5.08. The van der Waals surface area contributed by atoms with E-state index in [1.165, 1.54) is 6.20 Å². The quantitative estimate of drug-likeness (QED) is 0.513. The molecule has 0 atom stereocenters. The summed E-state index contributed by atoms with van der Waals surface area (Å²) < 4.78 is 0. The fourth-order valence-corrected chi connectivity index (χ4v) is 0.283. The summed E-state index contributed by atoms with van der Waals surface area (Å²) in [4.78, 5) is 0. The molecular formula is C6H12N2. The molecule has 0 aliphatic heterocycles. The van der Waals surface area contributed by atoms with Crippen molar-refractivity contribution in [2.24, 2.45) is 5.73 Å². The molecule has 0 aromatic carbocycles. The summed E-state index contributed by atoms with van der Waals surface area (Å²) in [5.74, 6) is 0. The van der Waals surface area contributed by atoms with Crippen molar-refractivity contribution in [2.75, 3.05) is 7.05 Å². The van der Waals surface area contributed by atoms with Crippen molar-refractivity contribution < 1.29 is 0 Å². The molecule has 0 bridgehead atoms. The van der Waals surface area contributed by atoms with Gasteiger partial charge < -0.3 is 11.1 Å². The number of hydrogen-bond donors (Lipinski definition) is 2. The summed E-state index contributed by atoms with van der Waals surface area (Å²) in [5, 5.41) is 2.95. The molecule has 8 heavy (non-hydrogen) atoms. The molecule has 2 nitrogen and oxygen atoms in total. The van der Waals surface area contributed by atoms with E-state index in [0.717, 1.165) is 5.70 Å². The summed E-state index contributed by atoms with van der Waals surface area (Å²) in [6, 6.07) is 0. The van der Waals surface area contributed by atoms with Crippen molar-refractivity contribution in [3.05, 3.63) is 24.0 Å². The molecule has 0 saturated heterocycles. The molecule has 0 rings (SSSR count). The zero-order valence-corrected chi connectivity index (χ0v) is 5.31. The Bertz CT molecular complexity index is 103. The van der Waals surface area contributed by atoms with E-state index in [-0.39, 0.29) is 0 Å². The van der Waals surface area contributed by atoms with E-state index < -0.39 is 0 Å². The van der Waals surface area contributed by atoms with Crippen LogP contribution >= 0.6 is 0 Å². The minimum atomic E-state index is 1.10. The smallest absolute Gasteiger partial charge is 0.00729 e. The monoisotopic (exact) mass is 112 g/mol. The molecular weight excluding hydrogens is 100 g/mol. The van der Waals surface area contributed by atoms with Crippen molar-refractivity contribution in [1.82, 2.24) is 5.32 Å². The third-order valence-electron chi connectivity index (χ3n) is 0.852. The maximum absolute atomic E-state index is 5.08. The zero-order valence-electron chi connectivity index (χ0n) is 5.31. The molecule has 0 amide bonds. The fraction of sp³-hybridized carbons (Fsp3) is 0.333. The van der Waals surface area contributed by atoms with Crippen molar-refractivity contribution in [3.63, 3.8) is 0 Å². The van der Waals surface area contributed by atoms with Crippen molar-refractivity contribution in [3.8, 4) is 0 Å². The van der Waals surface area contributed by atoms with Crippen molar-refractivity contribution in [1.29, 1.82) is 0 Å². The van der Waals surface area contributed by atoms with Gasteiger partial charge in [0.2, 0.25) is 0 Å². The minimum Gasteiger partial charge on any atom is -0.405 e. The van der Waals surface area contributed by atoms with Crippen LogP contribution in [0.1, 0.15) is 6.92 Å². The van der Waals surface area contributed by atoms with Crippen LogP contribution in [-0.4, -0.2) is 7.05 Å². The molecule has 0 spiro atoms. The van der Waals surface area contributed by atoms with E-state index in [1.54, 1.807) is 6.08 Å². The van der Waals surface area contributed by atoms with Crippen molar-refractivity contribution >= 4 is 0 Å². The van der Waals surface area contributed by atoms with Crippen molar-refractivity contribution in [2.45, 2.75) is 6.92 Å². The lowest BCUT2D eigenvalue weighted by Crippen LogP contribution is -2.00. The molecule has 0 fully saturated rings. The Labute approximate surface area is 50.1 Å². The molecule has 2 heteroatoms. The van der Waals surface area contributed by atoms with Gasteiger partial charge in [-0.2, -0.15) is 0 Å². The first kappa shape index (κ1) is 7.08. The molecule has 0 unspecified atom stereocenters. The fourth-order valence-electron chi connectivity index (χ4n) is 0.283. The van der Waals surface area contributed by atoms with Gasteiger partial charge in [-0.25, -0.2) is 0 Å². The second-order valence-electron chi connectivity index (χ2n) is 1.48. The molecule has 0 aromatic heterocycles. The predicted molar refractivity (Wildman–Crippen MR) is 36.1 cm³/mol. The van der Waals surface area contributed by atoms with Crippen LogP contribution < -0.4 is 11.1 Å². The molecule has 0 radical (unpaired) electrons. The first-order valence-corrected chi connectivity index (χ1v) is 2.54. The predicted octanol–water partition coefficient (Wildman–Crippen LogP) is 0.582. The Morgan fingerprint density at radius 1 is 1.62 bits per heavy atom. The van der Waals surface area contributed by atoms with E-state index in [1.807, 2.05) is 20.0 Å². The average molecular weight is 112 g/mol. The van der Waals surface area contributed by atoms with Gasteiger partial charge in [-0.1, -0.05) is 0 Å². The number of allylic oxidation sites excluding steroid dienone is 3. The number of rotatable bonds is 2. The molecule has 0 heterocycles. The van der Waals surface area contributed by atoms with Crippen LogP contribution in [0.15, 0.2) is 24.0 Å². The van der Waals surface area contributed by atoms with E-state index in [4.69, 9.17) is 5.73 Å². The van der Waals surface area contributed by atoms with E-state index in [9.17, 15) is 0 Å². The zero-order chi connectivity index (χ0) is 6.41. The second kappa shape index (κ2) is 4.24. The summed E-state index contributed by atoms with van der Waals surface area (Å²) in [6.45, 7) is 1.97. The molecule has 0 aliphatic carbocycles. The molecule has 46 valence electrons. The highest BCUT2D eigenvalue weighted by Gasteiger charge is 1.72. The first-order chi connectivity index (χ1) is 3.81. The normalized spacial score (nSPS) is 12.5. The third-order valence-corrected chi connectivity index (χ3v) is 0.852. The Kier molecular flexibility index (Phi) is 3.76. The Balaban J connectivity index is 3.57. The van der Waals surface area contributed by atoms with Gasteiger partial charge in [0.05, 0.1) is 0 Å². The number of nitrogens with two attached hydrogens (primary N) is 1. The van der Waals surface area contributed by atoms with E-state index >= 15 is 0 Å². The van der Waals surface area contributed by atoms with E-state index in [2.05, 4.69) is 5.32 Å². The largest absolute Gasteiger partial charge is 0.405 e. The van der Waals surface area contributed by atoms with Gasteiger partial charge >= 0.3 is 0 Å². The summed E-state index contributed by atoms with van der Waals surface area (Å²) >= 11 is 0. The van der Waals surface area contributed by atoms with Crippen LogP contribution in [0.25, 0.3) is 0 Å². The summed E-state index contributed by atoms with van der Waals surface area (Å²) in [5.41, 5.74) is 6.18. The highest BCUT2D eigenvalue weighted by atomic mass is 14.8. The van der Waals surface area contributed by atoms with Gasteiger partial charge in [0.15, 0.2) is 0 Å². The van der Waals surface area contributed by atoms with Gasteiger partial charge in [-0.05, 0) is 25.3 Å². The van der Waals surface area contributed by atoms with Crippen LogP contribution in [0.4, 0.5) is 0 Å². The van der Waals surface area contributed by atoms with Crippen LogP contribution in [0.3, 0.4) is 0 Å². The van der Waals surface area contributed by atoms with Crippen LogP contribution in [0.5, 0.6) is 0 Å². The maximum Gasteiger partial charge on any atom is 0.00729 e. The molecule has 0 aliphatic rings. The number of nitrogens with one attached hydrogen (secondary N) is 1. The van der Waals surface area contributed by atoms with Crippen LogP contribution in [0, 0.1) is 0 Å². The van der Waals surface area contributed by atoms with Gasteiger partial charge in [0, 0.05) is 12.7 Å².